The first-order valence-corrected chi connectivity index (χ1v) is 6.87. The standard InChI is InChI=1S/C14H24O4/c1-4-14(8-5-6-9-14)18-12(15)7-10-17-13(16)11(2)3/h11H,4-10H2,1-3H3. The molecule has 1 aliphatic carbocycles. The Morgan fingerprint density at radius 1 is 1.22 bits per heavy atom. The maximum atomic E-state index is 11.7. The molecule has 1 saturated carbocycles. The van der Waals surface area contributed by atoms with E-state index in [1.54, 1.807) is 13.8 Å². The van der Waals surface area contributed by atoms with Gasteiger partial charge in [-0.05, 0) is 32.1 Å². The number of carbonyl (C=O) groups is 2. The molecule has 0 aromatic rings. The summed E-state index contributed by atoms with van der Waals surface area (Å²) >= 11 is 0. The first-order valence-electron chi connectivity index (χ1n) is 6.87. The molecule has 18 heavy (non-hydrogen) atoms. The van der Waals surface area contributed by atoms with Gasteiger partial charge in [0.1, 0.15) is 12.2 Å². The zero-order valence-corrected chi connectivity index (χ0v) is 11.7. The second-order valence-corrected chi connectivity index (χ2v) is 5.29. The third kappa shape index (κ3) is 4.31. The van der Waals surface area contributed by atoms with Gasteiger partial charge in [-0.25, -0.2) is 0 Å². The Labute approximate surface area is 109 Å². The molecule has 0 heterocycles. The van der Waals surface area contributed by atoms with Crippen LogP contribution in [0.5, 0.6) is 0 Å². The predicted octanol–water partition coefficient (Wildman–Crippen LogP) is 2.84. The van der Waals surface area contributed by atoms with Gasteiger partial charge in [0.05, 0.1) is 12.3 Å². The van der Waals surface area contributed by atoms with Crippen molar-refractivity contribution >= 4 is 11.9 Å². The van der Waals surface area contributed by atoms with Gasteiger partial charge in [-0.15, -0.1) is 0 Å². The van der Waals surface area contributed by atoms with Crippen LogP contribution in [0.15, 0.2) is 0 Å². The van der Waals surface area contributed by atoms with Crippen LogP contribution in [0.1, 0.15) is 59.3 Å². The fraction of sp³-hybridized carbons (Fsp3) is 0.857. The molecule has 0 unspecified atom stereocenters. The molecule has 0 saturated heterocycles. The summed E-state index contributed by atoms with van der Waals surface area (Å²) in [7, 11) is 0. The van der Waals surface area contributed by atoms with Crippen molar-refractivity contribution in [2.75, 3.05) is 6.61 Å². The van der Waals surface area contributed by atoms with Crippen molar-refractivity contribution in [3.63, 3.8) is 0 Å². The highest BCUT2D eigenvalue weighted by atomic mass is 16.6. The van der Waals surface area contributed by atoms with E-state index in [2.05, 4.69) is 6.92 Å². The van der Waals surface area contributed by atoms with Crippen molar-refractivity contribution in [3.05, 3.63) is 0 Å². The minimum Gasteiger partial charge on any atom is -0.465 e. The lowest BCUT2D eigenvalue weighted by Gasteiger charge is -2.27. The molecular formula is C14H24O4. The molecule has 0 aromatic heterocycles. The lowest BCUT2D eigenvalue weighted by molar-refractivity contribution is -0.162. The Morgan fingerprint density at radius 2 is 1.83 bits per heavy atom. The summed E-state index contributed by atoms with van der Waals surface area (Å²) in [6.07, 6.45) is 5.19. The van der Waals surface area contributed by atoms with Crippen LogP contribution in [-0.2, 0) is 19.1 Å². The molecule has 0 amide bonds. The van der Waals surface area contributed by atoms with Gasteiger partial charge in [-0.3, -0.25) is 9.59 Å². The minimum atomic E-state index is -0.270. The molecule has 1 aliphatic rings. The molecule has 104 valence electrons. The van der Waals surface area contributed by atoms with Crippen LogP contribution in [0.4, 0.5) is 0 Å². The van der Waals surface area contributed by atoms with Gasteiger partial charge in [0, 0.05) is 0 Å². The smallest absolute Gasteiger partial charge is 0.309 e. The summed E-state index contributed by atoms with van der Waals surface area (Å²) in [5.74, 6) is -0.679. The van der Waals surface area contributed by atoms with Crippen molar-refractivity contribution in [1.82, 2.24) is 0 Å². The molecule has 0 aliphatic heterocycles. The van der Waals surface area contributed by atoms with Gasteiger partial charge in [0.15, 0.2) is 0 Å². The first kappa shape index (κ1) is 15.0. The van der Waals surface area contributed by atoms with E-state index in [1.165, 1.54) is 0 Å². The largest absolute Gasteiger partial charge is 0.465 e. The number of carbonyl (C=O) groups excluding carboxylic acids is 2. The molecule has 4 heteroatoms. The highest BCUT2D eigenvalue weighted by Crippen LogP contribution is 2.36. The summed E-state index contributed by atoms with van der Waals surface area (Å²) in [6, 6.07) is 0. The van der Waals surface area contributed by atoms with Crippen molar-refractivity contribution < 1.29 is 19.1 Å². The average molecular weight is 256 g/mol. The van der Waals surface area contributed by atoms with E-state index in [0.29, 0.717) is 0 Å². The summed E-state index contributed by atoms with van der Waals surface area (Å²) in [5, 5.41) is 0. The van der Waals surface area contributed by atoms with Crippen molar-refractivity contribution in [3.8, 4) is 0 Å². The zero-order chi connectivity index (χ0) is 13.6. The van der Waals surface area contributed by atoms with Gasteiger partial charge in [-0.2, -0.15) is 0 Å². The molecule has 4 nitrogen and oxygen atoms in total. The maximum Gasteiger partial charge on any atom is 0.309 e. The number of rotatable bonds is 6. The SMILES string of the molecule is CCC1(OC(=O)CCOC(=O)C(C)C)CCCC1. The van der Waals surface area contributed by atoms with Gasteiger partial charge in [-0.1, -0.05) is 20.8 Å². The second-order valence-electron chi connectivity index (χ2n) is 5.29. The molecule has 0 radical (unpaired) electrons. The molecule has 0 bridgehead atoms. The lowest BCUT2D eigenvalue weighted by Crippen LogP contribution is -2.31. The van der Waals surface area contributed by atoms with Crippen molar-refractivity contribution in [2.45, 2.75) is 64.9 Å². The fourth-order valence-electron chi connectivity index (χ4n) is 2.24. The van der Waals surface area contributed by atoms with E-state index < -0.39 is 0 Å². The second kappa shape index (κ2) is 6.76. The molecule has 0 atom stereocenters. The lowest BCUT2D eigenvalue weighted by atomic mass is 9.99. The Balaban J connectivity index is 2.27. The Morgan fingerprint density at radius 3 is 2.33 bits per heavy atom. The summed E-state index contributed by atoms with van der Waals surface area (Å²) in [4.78, 5) is 22.9. The molecule has 0 aromatic carbocycles. The average Bonchev–Trinajstić information content (AvgIpc) is 2.77. The van der Waals surface area contributed by atoms with Crippen LogP contribution in [0, 0.1) is 5.92 Å². The van der Waals surface area contributed by atoms with Crippen molar-refractivity contribution in [2.24, 2.45) is 5.92 Å². The van der Waals surface area contributed by atoms with E-state index >= 15 is 0 Å². The van der Waals surface area contributed by atoms with E-state index in [-0.39, 0.29) is 36.5 Å². The summed E-state index contributed by atoms with van der Waals surface area (Å²) in [6.45, 7) is 5.71. The Bertz CT molecular complexity index is 290. The monoisotopic (exact) mass is 256 g/mol. The molecule has 1 fully saturated rings. The first-order chi connectivity index (χ1) is 8.49. The van der Waals surface area contributed by atoms with Gasteiger partial charge >= 0.3 is 11.9 Å². The minimum absolute atomic E-state index is 0.121. The normalized spacial score (nSPS) is 17.8. The number of hydrogen-bond donors (Lipinski definition) is 0. The third-order valence-electron chi connectivity index (χ3n) is 3.51. The van der Waals surface area contributed by atoms with Crippen LogP contribution in [0.3, 0.4) is 0 Å². The molecule has 0 N–H and O–H groups in total. The summed E-state index contributed by atoms with van der Waals surface area (Å²) in [5.41, 5.74) is -0.251. The Kier molecular flexibility index (Phi) is 5.63. The van der Waals surface area contributed by atoms with Crippen LogP contribution in [-0.4, -0.2) is 24.1 Å². The van der Waals surface area contributed by atoms with E-state index in [4.69, 9.17) is 9.47 Å². The van der Waals surface area contributed by atoms with Crippen LogP contribution < -0.4 is 0 Å². The van der Waals surface area contributed by atoms with Gasteiger partial charge in [0.2, 0.25) is 0 Å². The van der Waals surface area contributed by atoms with E-state index in [0.717, 1.165) is 32.1 Å². The fourth-order valence-corrected chi connectivity index (χ4v) is 2.24. The van der Waals surface area contributed by atoms with E-state index in [9.17, 15) is 9.59 Å². The van der Waals surface area contributed by atoms with E-state index in [1.807, 2.05) is 0 Å². The number of esters is 2. The number of ether oxygens (including phenoxy) is 2. The van der Waals surface area contributed by atoms with Crippen molar-refractivity contribution in [1.29, 1.82) is 0 Å². The van der Waals surface area contributed by atoms with Gasteiger partial charge in [0.25, 0.3) is 0 Å². The van der Waals surface area contributed by atoms with Gasteiger partial charge < -0.3 is 9.47 Å². The highest BCUT2D eigenvalue weighted by molar-refractivity contribution is 5.73. The third-order valence-corrected chi connectivity index (χ3v) is 3.51. The molecule has 1 rings (SSSR count). The molecular weight excluding hydrogens is 232 g/mol. The maximum absolute atomic E-state index is 11.7. The Hall–Kier alpha value is -1.06. The highest BCUT2D eigenvalue weighted by Gasteiger charge is 2.35. The molecule has 0 spiro atoms. The number of hydrogen-bond acceptors (Lipinski definition) is 4. The topological polar surface area (TPSA) is 52.6 Å². The zero-order valence-electron chi connectivity index (χ0n) is 11.7. The van der Waals surface area contributed by atoms with Crippen LogP contribution in [0.25, 0.3) is 0 Å². The quantitative estimate of drug-likeness (QED) is 0.686. The predicted molar refractivity (Wildman–Crippen MR) is 68.0 cm³/mol. The van der Waals surface area contributed by atoms with Crippen LogP contribution >= 0.6 is 0 Å². The van der Waals surface area contributed by atoms with Crippen LogP contribution in [0.2, 0.25) is 0 Å². The summed E-state index contributed by atoms with van der Waals surface area (Å²) < 4.78 is 10.5.